The number of rotatable bonds is 19. The molecule has 2 atom stereocenters. The molecule has 0 aromatic rings. The summed E-state index contributed by atoms with van der Waals surface area (Å²) >= 11 is 1.63. The highest BCUT2D eigenvalue weighted by atomic mass is 127. The van der Waals surface area contributed by atoms with Crippen molar-refractivity contribution in [2.24, 2.45) is 11.8 Å². The number of hydrogen-bond acceptors (Lipinski definition) is 4. The van der Waals surface area contributed by atoms with Crippen LogP contribution in [0.5, 0.6) is 0 Å². The molecule has 0 saturated carbocycles. The molecule has 5 nitrogen and oxygen atoms in total. The Morgan fingerprint density at radius 1 is 1.00 bits per heavy atom. The fourth-order valence-corrected chi connectivity index (χ4v) is 3.80. The van der Waals surface area contributed by atoms with E-state index in [0.29, 0.717) is 13.0 Å². The molecule has 1 N–H and O–H groups in total. The third-order valence-corrected chi connectivity index (χ3v) is 5.75. The second kappa shape index (κ2) is 19.3. The number of aliphatic carboxylic acids is 1. The normalized spacial score (nSPS) is 13.7. The SMILES string of the molecule is CCCCCCCCC(/C=C/CCCCCCC(=O)OI)C(CN(C)C)C(=O)O. The van der Waals surface area contributed by atoms with Gasteiger partial charge in [-0.2, -0.15) is 0 Å². The van der Waals surface area contributed by atoms with Gasteiger partial charge in [0.2, 0.25) is 0 Å². The van der Waals surface area contributed by atoms with E-state index in [9.17, 15) is 14.7 Å². The Labute approximate surface area is 192 Å². The summed E-state index contributed by atoms with van der Waals surface area (Å²) in [4.78, 5) is 24.9. The molecule has 0 bridgehead atoms. The maximum absolute atomic E-state index is 11.8. The van der Waals surface area contributed by atoms with Crippen LogP contribution in [0.25, 0.3) is 0 Å². The molecule has 0 aromatic carbocycles. The minimum absolute atomic E-state index is 0.0968. The van der Waals surface area contributed by atoms with Crippen LogP contribution >= 0.6 is 23.0 Å². The fraction of sp³-hybridized carbons (Fsp3) is 0.826. The lowest BCUT2D eigenvalue weighted by atomic mass is 9.86. The van der Waals surface area contributed by atoms with Crippen LogP contribution in [0.3, 0.4) is 0 Å². The van der Waals surface area contributed by atoms with Crippen molar-refractivity contribution in [1.82, 2.24) is 4.90 Å². The van der Waals surface area contributed by atoms with Crippen LogP contribution in [0.15, 0.2) is 12.2 Å². The van der Waals surface area contributed by atoms with Crippen molar-refractivity contribution in [1.29, 1.82) is 0 Å². The van der Waals surface area contributed by atoms with Gasteiger partial charge in [-0.05, 0) is 45.7 Å². The number of carbonyl (C=O) groups is 2. The lowest BCUT2D eigenvalue weighted by Crippen LogP contribution is -2.33. The van der Waals surface area contributed by atoms with Crippen molar-refractivity contribution in [3.63, 3.8) is 0 Å². The molecular formula is C23H42INO4. The highest BCUT2D eigenvalue weighted by molar-refractivity contribution is 14.1. The van der Waals surface area contributed by atoms with Crippen molar-refractivity contribution >= 4 is 34.9 Å². The van der Waals surface area contributed by atoms with Gasteiger partial charge in [-0.25, -0.2) is 0 Å². The third kappa shape index (κ3) is 16.8. The molecule has 0 aliphatic heterocycles. The summed E-state index contributed by atoms with van der Waals surface area (Å²) in [6, 6.07) is 0. The summed E-state index contributed by atoms with van der Waals surface area (Å²) < 4.78 is 4.62. The Balaban J connectivity index is 4.42. The molecule has 0 amide bonds. The zero-order chi connectivity index (χ0) is 21.9. The van der Waals surface area contributed by atoms with Crippen LogP contribution in [0.2, 0.25) is 0 Å². The predicted molar refractivity (Wildman–Crippen MR) is 128 cm³/mol. The van der Waals surface area contributed by atoms with Gasteiger partial charge in [-0.3, -0.25) is 9.59 Å². The van der Waals surface area contributed by atoms with Gasteiger partial charge in [0, 0.05) is 13.0 Å². The van der Waals surface area contributed by atoms with Gasteiger partial charge in [-0.1, -0.05) is 70.4 Å². The maximum atomic E-state index is 11.8. The van der Waals surface area contributed by atoms with E-state index >= 15 is 0 Å². The number of carboxylic acids is 1. The molecule has 0 radical (unpaired) electrons. The average Bonchev–Trinajstić information content (AvgIpc) is 2.68. The molecule has 0 aromatic heterocycles. The van der Waals surface area contributed by atoms with Gasteiger partial charge in [0.15, 0.2) is 23.0 Å². The Morgan fingerprint density at radius 3 is 2.24 bits per heavy atom. The number of nitrogens with zero attached hydrogens (tertiary/aromatic N) is 1. The topological polar surface area (TPSA) is 66.8 Å². The Kier molecular flexibility index (Phi) is 18.9. The summed E-state index contributed by atoms with van der Waals surface area (Å²) in [5, 5.41) is 9.73. The first kappa shape index (κ1) is 28.4. The van der Waals surface area contributed by atoms with E-state index < -0.39 is 5.97 Å². The van der Waals surface area contributed by atoms with Crippen molar-refractivity contribution in [3.05, 3.63) is 12.2 Å². The summed E-state index contributed by atoms with van der Waals surface area (Å²) in [6.45, 7) is 2.80. The highest BCUT2D eigenvalue weighted by Crippen LogP contribution is 2.23. The minimum Gasteiger partial charge on any atom is -0.481 e. The zero-order valence-electron chi connectivity index (χ0n) is 18.7. The molecule has 0 heterocycles. The van der Waals surface area contributed by atoms with Crippen LogP contribution in [0, 0.1) is 11.8 Å². The van der Waals surface area contributed by atoms with Crippen LogP contribution < -0.4 is 0 Å². The fourth-order valence-electron chi connectivity index (χ4n) is 3.58. The van der Waals surface area contributed by atoms with Crippen LogP contribution in [-0.2, 0) is 12.7 Å². The second-order valence-corrected chi connectivity index (χ2v) is 8.70. The van der Waals surface area contributed by atoms with Crippen LogP contribution in [-0.4, -0.2) is 42.6 Å². The maximum Gasteiger partial charge on any atom is 0.315 e. The number of halogens is 1. The van der Waals surface area contributed by atoms with E-state index in [1.54, 1.807) is 23.0 Å². The molecule has 170 valence electrons. The highest BCUT2D eigenvalue weighted by Gasteiger charge is 2.26. The summed E-state index contributed by atoms with van der Waals surface area (Å²) in [6.07, 6.45) is 18.2. The number of carboxylic acid groups (broad SMARTS) is 1. The molecule has 0 aliphatic carbocycles. The number of hydrogen-bond donors (Lipinski definition) is 1. The van der Waals surface area contributed by atoms with E-state index in [-0.39, 0.29) is 17.8 Å². The van der Waals surface area contributed by atoms with E-state index in [1.165, 1.54) is 32.1 Å². The summed E-state index contributed by atoms with van der Waals surface area (Å²) in [7, 11) is 3.88. The van der Waals surface area contributed by atoms with Crippen LogP contribution in [0.4, 0.5) is 0 Å². The molecule has 0 fully saturated rings. The molecule has 6 heteroatoms. The summed E-state index contributed by atoms with van der Waals surface area (Å²) in [5.74, 6) is -1.10. The third-order valence-electron chi connectivity index (χ3n) is 5.26. The smallest absolute Gasteiger partial charge is 0.315 e. The molecular weight excluding hydrogens is 481 g/mol. The monoisotopic (exact) mass is 523 g/mol. The van der Waals surface area contributed by atoms with Crippen molar-refractivity contribution < 1.29 is 17.8 Å². The van der Waals surface area contributed by atoms with E-state index in [4.69, 9.17) is 0 Å². The first-order chi connectivity index (χ1) is 13.9. The van der Waals surface area contributed by atoms with Crippen molar-refractivity contribution in [3.8, 4) is 0 Å². The van der Waals surface area contributed by atoms with Crippen molar-refractivity contribution in [2.75, 3.05) is 20.6 Å². The average molecular weight is 523 g/mol. The van der Waals surface area contributed by atoms with Crippen LogP contribution in [0.1, 0.15) is 90.4 Å². The largest absolute Gasteiger partial charge is 0.481 e. The molecule has 2 unspecified atom stereocenters. The lowest BCUT2D eigenvalue weighted by molar-refractivity contribution is -0.143. The van der Waals surface area contributed by atoms with Gasteiger partial charge >= 0.3 is 11.9 Å². The Morgan fingerprint density at radius 2 is 1.62 bits per heavy atom. The molecule has 0 saturated heterocycles. The Bertz CT molecular complexity index is 454. The minimum atomic E-state index is -0.693. The first-order valence-corrected chi connectivity index (χ1v) is 12.2. The van der Waals surface area contributed by atoms with Gasteiger partial charge in [-0.15, -0.1) is 0 Å². The number of carbonyl (C=O) groups excluding carboxylic acids is 1. The number of unbranched alkanes of at least 4 members (excludes halogenated alkanes) is 9. The number of allylic oxidation sites excluding steroid dienone is 2. The van der Waals surface area contributed by atoms with Gasteiger partial charge in [0.05, 0.1) is 5.92 Å². The molecule has 29 heavy (non-hydrogen) atoms. The molecule has 0 rings (SSSR count). The molecule has 0 aliphatic rings. The van der Waals surface area contributed by atoms with Gasteiger partial charge in [0.25, 0.3) is 0 Å². The second-order valence-electron chi connectivity index (χ2n) is 8.26. The van der Waals surface area contributed by atoms with Crippen molar-refractivity contribution in [2.45, 2.75) is 90.4 Å². The lowest BCUT2D eigenvalue weighted by Gasteiger charge is -2.24. The standard InChI is InChI=1S/C23H42INO4/c1-4-5-6-7-10-13-16-20(21(23(27)28)19-25(2)3)17-14-11-8-9-12-15-18-22(26)29-24/h14,17,20-21H,4-13,15-16,18-19H2,1-3H3,(H,27,28)/b17-14+. The first-order valence-electron chi connectivity index (χ1n) is 11.3. The summed E-state index contributed by atoms with van der Waals surface area (Å²) in [5.41, 5.74) is 0. The van der Waals surface area contributed by atoms with Gasteiger partial charge in [0.1, 0.15) is 0 Å². The van der Waals surface area contributed by atoms with E-state index in [2.05, 4.69) is 22.1 Å². The Hall–Kier alpha value is -0.630. The molecule has 0 spiro atoms. The zero-order valence-corrected chi connectivity index (χ0v) is 20.9. The van der Waals surface area contributed by atoms with E-state index in [0.717, 1.165) is 44.9 Å². The van der Waals surface area contributed by atoms with Gasteiger partial charge < -0.3 is 13.1 Å². The predicted octanol–water partition coefficient (Wildman–Crippen LogP) is 6.41. The quantitative estimate of drug-likeness (QED) is 0.121. The van der Waals surface area contributed by atoms with E-state index in [1.807, 2.05) is 19.0 Å².